The van der Waals surface area contributed by atoms with Gasteiger partial charge in [0.2, 0.25) is 6.41 Å². The highest BCUT2D eigenvalue weighted by Gasteiger charge is 2.49. The molecule has 2 nitrogen and oxygen atoms in total. The molecule has 2 fully saturated rings. The highest BCUT2D eigenvalue weighted by molar-refractivity contribution is 5.47. The smallest absolute Gasteiger partial charge is 0.207 e. The van der Waals surface area contributed by atoms with Crippen molar-refractivity contribution in [2.75, 3.05) is 0 Å². The molecule has 0 aliphatic heterocycles. The molecule has 18 heavy (non-hydrogen) atoms. The Kier molecular flexibility index (Phi) is 3.84. The van der Waals surface area contributed by atoms with Crippen molar-refractivity contribution in [3.63, 3.8) is 0 Å². The molecule has 102 valence electrons. The van der Waals surface area contributed by atoms with E-state index in [1.807, 2.05) is 0 Å². The van der Waals surface area contributed by atoms with Gasteiger partial charge in [-0.3, -0.25) is 4.79 Å². The predicted molar refractivity (Wildman–Crippen MR) is 75.1 cm³/mol. The fourth-order valence-electron chi connectivity index (χ4n) is 4.46. The average Bonchev–Trinajstić information content (AvgIpc) is 2.28. The van der Waals surface area contributed by atoms with Gasteiger partial charge in [0.25, 0.3) is 0 Å². The zero-order valence-electron chi connectivity index (χ0n) is 12.0. The molecule has 0 bridgehead atoms. The summed E-state index contributed by atoms with van der Waals surface area (Å²) in [6, 6.07) is 0.300. The van der Waals surface area contributed by atoms with Crippen molar-refractivity contribution in [2.45, 2.75) is 58.9 Å². The van der Waals surface area contributed by atoms with E-state index in [9.17, 15) is 4.79 Å². The lowest BCUT2D eigenvalue weighted by Crippen LogP contribution is -2.55. The lowest BCUT2D eigenvalue weighted by atomic mass is 9.53. The van der Waals surface area contributed by atoms with Gasteiger partial charge in [0.1, 0.15) is 0 Å². The lowest BCUT2D eigenvalue weighted by Gasteiger charge is -2.54. The Balaban J connectivity index is 2.30. The molecule has 4 atom stereocenters. The van der Waals surface area contributed by atoms with E-state index in [4.69, 9.17) is 0 Å². The van der Waals surface area contributed by atoms with E-state index < -0.39 is 0 Å². The Morgan fingerprint density at radius 2 is 2.17 bits per heavy atom. The molecule has 0 spiro atoms. The lowest BCUT2D eigenvalue weighted by molar-refractivity contribution is -0.112. The van der Waals surface area contributed by atoms with Crippen LogP contribution in [0.5, 0.6) is 0 Å². The van der Waals surface area contributed by atoms with Crippen LogP contribution in [-0.4, -0.2) is 12.5 Å². The summed E-state index contributed by atoms with van der Waals surface area (Å²) in [6.07, 6.45) is 7.13. The number of amides is 1. The van der Waals surface area contributed by atoms with Gasteiger partial charge in [-0.05, 0) is 49.4 Å². The maximum atomic E-state index is 11.0. The third-order valence-electron chi connectivity index (χ3n) is 5.42. The predicted octanol–water partition coefficient (Wildman–Crippen LogP) is 3.53. The van der Waals surface area contributed by atoms with Crippen LogP contribution in [0.1, 0.15) is 52.9 Å². The fourth-order valence-corrected chi connectivity index (χ4v) is 4.46. The normalized spacial score (nSPS) is 40.4. The molecular formula is C16H27NO. The molecule has 2 aliphatic carbocycles. The minimum Gasteiger partial charge on any atom is -0.355 e. The summed E-state index contributed by atoms with van der Waals surface area (Å²) in [6.45, 7) is 11.3. The number of hydrogen-bond acceptors (Lipinski definition) is 1. The van der Waals surface area contributed by atoms with Gasteiger partial charge >= 0.3 is 0 Å². The number of nitrogens with one attached hydrogen (secondary N) is 1. The standard InChI is InChI=1S/C16H27NO/c1-11(2)13-7-9-16(4)8-5-6-12(3)14(16)15(13)17-10-18/h10-11,13-15H,3,5-9H2,1-2,4H3,(H,17,18)/t13-,14+,15-,16-/m1/s1. The first-order chi connectivity index (χ1) is 8.49. The number of carbonyl (C=O) groups is 1. The van der Waals surface area contributed by atoms with Gasteiger partial charge < -0.3 is 5.32 Å². The molecule has 0 aromatic carbocycles. The molecule has 0 unspecified atom stereocenters. The Labute approximate surface area is 111 Å². The van der Waals surface area contributed by atoms with Crippen LogP contribution < -0.4 is 5.32 Å². The molecule has 1 N–H and O–H groups in total. The maximum absolute atomic E-state index is 11.0. The van der Waals surface area contributed by atoms with Gasteiger partial charge in [-0.1, -0.05) is 32.9 Å². The van der Waals surface area contributed by atoms with Crippen molar-refractivity contribution in [2.24, 2.45) is 23.2 Å². The molecule has 0 heterocycles. The van der Waals surface area contributed by atoms with Crippen molar-refractivity contribution < 1.29 is 4.79 Å². The summed E-state index contributed by atoms with van der Waals surface area (Å²) in [5, 5.41) is 3.13. The highest BCUT2D eigenvalue weighted by Crippen LogP contribution is 2.54. The van der Waals surface area contributed by atoms with Crippen molar-refractivity contribution in [1.29, 1.82) is 0 Å². The van der Waals surface area contributed by atoms with E-state index in [1.54, 1.807) is 0 Å². The van der Waals surface area contributed by atoms with Crippen molar-refractivity contribution in [3.05, 3.63) is 12.2 Å². The summed E-state index contributed by atoms with van der Waals surface area (Å²) in [5.41, 5.74) is 1.73. The number of fused-ring (bicyclic) bond motifs is 1. The molecule has 0 aromatic heterocycles. The van der Waals surface area contributed by atoms with Crippen LogP contribution in [0.15, 0.2) is 12.2 Å². The van der Waals surface area contributed by atoms with Crippen molar-refractivity contribution in [1.82, 2.24) is 5.32 Å². The summed E-state index contributed by atoms with van der Waals surface area (Å²) >= 11 is 0. The Morgan fingerprint density at radius 3 is 2.78 bits per heavy atom. The Bertz CT molecular complexity index is 336. The topological polar surface area (TPSA) is 29.1 Å². The van der Waals surface area contributed by atoms with E-state index in [1.165, 1.54) is 31.3 Å². The number of carbonyl (C=O) groups excluding carboxylic acids is 1. The molecule has 0 radical (unpaired) electrons. The Morgan fingerprint density at radius 1 is 1.44 bits per heavy atom. The monoisotopic (exact) mass is 249 g/mol. The summed E-state index contributed by atoms with van der Waals surface area (Å²) in [7, 11) is 0. The van der Waals surface area contributed by atoms with Crippen LogP contribution in [0.2, 0.25) is 0 Å². The van der Waals surface area contributed by atoms with E-state index in [-0.39, 0.29) is 0 Å². The van der Waals surface area contributed by atoms with Gasteiger partial charge in [0.05, 0.1) is 0 Å². The van der Waals surface area contributed by atoms with Crippen molar-refractivity contribution in [3.8, 4) is 0 Å². The first-order valence-corrected chi connectivity index (χ1v) is 7.37. The third-order valence-corrected chi connectivity index (χ3v) is 5.42. The van der Waals surface area contributed by atoms with Crippen LogP contribution >= 0.6 is 0 Å². The van der Waals surface area contributed by atoms with Crippen LogP contribution in [0.3, 0.4) is 0 Å². The summed E-state index contributed by atoms with van der Waals surface area (Å²) < 4.78 is 0. The van der Waals surface area contributed by atoms with E-state index in [2.05, 4.69) is 32.7 Å². The second kappa shape index (κ2) is 5.07. The number of hydrogen-bond donors (Lipinski definition) is 1. The largest absolute Gasteiger partial charge is 0.355 e. The van der Waals surface area contributed by atoms with Crippen molar-refractivity contribution >= 4 is 6.41 Å². The van der Waals surface area contributed by atoms with Crippen LogP contribution in [0.4, 0.5) is 0 Å². The molecule has 2 aliphatic rings. The molecule has 2 heteroatoms. The second-order valence-electron chi connectivity index (χ2n) is 6.90. The van der Waals surface area contributed by atoms with Gasteiger partial charge in [-0.2, -0.15) is 0 Å². The SMILES string of the molecule is C=C1CCC[C@]2(C)CC[C@H](C(C)C)[C@@H](NC=O)[C@H]12. The maximum Gasteiger partial charge on any atom is 0.207 e. The molecular weight excluding hydrogens is 222 g/mol. The van der Waals surface area contributed by atoms with E-state index >= 15 is 0 Å². The second-order valence-corrected chi connectivity index (χ2v) is 6.90. The molecule has 0 aromatic rings. The highest BCUT2D eigenvalue weighted by atomic mass is 16.1. The average molecular weight is 249 g/mol. The van der Waals surface area contributed by atoms with Crippen LogP contribution in [0, 0.1) is 23.2 Å². The summed E-state index contributed by atoms with van der Waals surface area (Å²) in [5.74, 6) is 1.71. The Hall–Kier alpha value is -0.790. The minimum atomic E-state index is 0.300. The van der Waals surface area contributed by atoms with Crippen LogP contribution in [-0.2, 0) is 4.79 Å². The molecule has 1 amide bonds. The molecule has 2 saturated carbocycles. The van der Waals surface area contributed by atoms with E-state index in [0.717, 1.165) is 12.8 Å². The van der Waals surface area contributed by atoms with Gasteiger partial charge in [0, 0.05) is 12.0 Å². The van der Waals surface area contributed by atoms with Crippen LogP contribution in [0.25, 0.3) is 0 Å². The van der Waals surface area contributed by atoms with Gasteiger partial charge in [-0.15, -0.1) is 0 Å². The third kappa shape index (κ3) is 2.22. The zero-order valence-corrected chi connectivity index (χ0v) is 12.0. The van der Waals surface area contributed by atoms with E-state index in [0.29, 0.717) is 29.2 Å². The first-order valence-electron chi connectivity index (χ1n) is 7.37. The number of rotatable bonds is 3. The first kappa shape index (κ1) is 13.6. The molecule has 2 rings (SSSR count). The quantitative estimate of drug-likeness (QED) is 0.601. The van der Waals surface area contributed by atoms with Gasteiger partial charge in [0.15, 0.2) is 0 Å². The fraction of sp³-hybridized carbons (Fsp3) is 0.812. The minimum absolute atomic E-state index is 0.300. The summed E-state index contributed by atoms with van der Waals surface area (Å²) in [4.78, 5) is 11.0. The molecule has 0 saturated heterocycles. The zero-order chi connectivity index (χ0) is 13.3. The van der Waals surface area contributed by atoms with Gasteiger partial charge in [-0.25, -0.2) is 0 Å².